The van der Waals surface area contributed by atoms with Crippen molar-refractivity contribution in [2.75, 3.05) is 13.1 Å². The number of fused-ring (bicyclic) bond motifs is 1. The van der Waals surface area contributed by atoms with Crippen molar-refractivity contribution in [3.63, 3.8) is 0 Å². The molecule has 3 aromatic rings. The summed E-state index contributed by atoms with van der Waals surface area (Å²) in [4.78, 5) is 17.7. The molecule has 0 spiro atoms. The van der Waals surface area contributed by atoms with Crippen molar-refractivity contribution in [1.29, 1.82) is 0 Å². The first-order valence-electron chi connectivity index (χ1n) is 9.79. The molecule has 158 valence electrons. The average molecular weight is 417 g/mol. The lowest BCUT2D eigenvalue weighted by Gasteiger charge is -2.32. The highest BCUT2D eigenvalue weighted by molar-refractivity contribution is 5.98. The van der Waals surface area contributed by atoms with Crippen molar-refractivity contribution in [2.45, 2.75) is 31.7 Å². The number of amides is 1. The normalized spacial score (nSPS) is 15.5. The minimum atomic E-state index is -4.75. The van der Waals surface area contributed by atoms with E-state index in [9.17, 15) is 18.0 Å². The molecular weight excluding hydrogens is 395 g/mol. The second kappa shape index (κ2) is 8.02. The number of alkyl halides is 3. The number of H-pyrrole nitrogens is 1. The Morgan fingerprint density at radius 1 is 1.13 bits per heavy atom. The van der Waals surface area contributed by atoms with Crippen LogP contribution >= 0.6 is 0 Å². The van der Waals surface area contributed by atoms with Gasteiger partial charge in [0.25, 0.3) is 5.91 Å². The van der Waals surface area contributed by atoms with Gasteiger partial charge in [0, 0.05) is 30.5 Å². The highest BCUT2D eigenvalue weighted by Crippen LogP contribution is 2.30. The van der Waals surface area contributed by atoms with E-state index in [2.05, 4.69) is 21.9 Å². The number of piperidine rings is 1. The Hall–Kier alpha value is -3.00. The number of carbonyl (C=O) groups excluding carboxylic acids is 1. The van der Waals surface area contributed by atoms with Crippen molar-refractivity contribution < 1.29 is 22.7 Å². The van der Waals surface area contributed by atoms with Gasteiger partial charge in [-0.25, -0.2) is 0 Å². The Bertz CT molecular complexity index is 1050. The first-order chi connectivity index (χ1) is 14.3. The topological polar surface area (TPSA) is 71.3 Å². The number of nitrogens with zero attached hydrogens (tertiary/aromatic N) is 1. The fourth-order valence-corrected chi connectivity index (χ4v) is 3.98. The first-order valence-corrected chi connectivity index (χ1v) is 9.79. The van der Waals surface area contributed by atoms with Gasteiger partial charge in [0.15, 0.2) is 0 Å². The number of carbonyl (C=O) groups is 1. The van der Waals surface area contributed by atoms with Crippen LogP contribution in [0.2, 0.25) is 0 Å². The number of rotatable bonds is 4. The summed E-state index contributed by atoms with van der Waals surface area (Å²) in [5.74, 6) is -0.0856. The van der Waals surface area contributed by atoms with Crippen LogP contribution in [0.5, 0.6) is 5.75 Å². The molecule has 1 aromatic heterocycles. The molecule has 3 N–H and O–H groups in total. The van der Waals surface area contributed by atoms with E-state index in [4.69, 9.17) is 5.73 Å². The molecule has 1 aliphatic heterocycles. The number of aromatic nitrogens is 1. The minimum Gasteiger partial charge on any atom is -0.406 e. The summed E-state index contributed by atoms with van der Waals surface area (Å²) >= 11 is 0. The maximum atomic E-state index is 12.9. The Morgan fingerprint density at radius 2 is 1.90 bits per heavy atom. The second-order valence-electron chi connectivity index (χ2n) is 7.50. The van der Waals surface area contributed by atoms with Gasteiger partial charge in [-0.05, 0) is 54.2 Å². The molecule has 0 saturated carbocycles. The molecule has 1 amide bonds. The predicted octanol–water partition coefficient (Wildman–Crippen LogP) is 4.55. The number of hydrogen-bond acceptors (Lipinski definition) is 3. The predicted molar refractivity (Wildman–Crippen MR) is 107 cm³/mol. The second-order valence-corrected chi connectivity index (χ2v) is 7.50. The molecule has 1 aliphatic rings. The van der Waals surface area contributed by atoms with E-state index < -0.39 is 6.36 Å². The van der Waals surface area contributed by atoms with Crippen molar-refractivity contribution in [1.82, 2.24) is 9.88 Å². The molecule has 1 fully saturated rings. The zero-order chi connectivity index (χ0) is 21.3. The zero-order valence-corrected chi connectivity index (χ0v) is 16.2. The van der Waals surface area contributed by atoms with Crippen molar-refractivity contribution in [3.05, 3.63) is 65.4 Å². The summed E-state index contributed by atoms with van der Waals surface area (Å²) in [6, 6.07) is 13.8. The Labute approximate surface area is 171 Å². The van der Waals surface area contributed by atoms with Gasteiger partial charge in [0.2, 0.25) is 0 Å². The SMILES string of the molecule is NCc1cccc(C2CCN(C(=O)c3cc4cc(OC(F)(F)F)ccc4[nH]3)CC2)c1. The van der Waals surface area contributed by atoms with Crippen LogP contribution < -0.4 is 10.5 Å². The summed E-state index contributed by atoms with van der Waals surface area (Å²) in [5, 5.41) is 0.494. The van der Waals surface area contributed by atoms with Crippen LogP contribution in [0.4, 0.5) is 13.2 Å². The molecule has 0 aliphatic carbocycles. The van der Waals surface area contributed by atoms with Gasteiger partial charge in [-0.15, -0.1) is 13.2 Å². The van der Waals surface area contributed by atoms with Crippen molar-refractivity contribution in [3.8, 4) is 5.75 Å². The summed E-state index contributed by atoms with van der Waals surface area (Å²) in [6.45, 7) is 1.74. The fourth-order valence-electron chi connectivity index (χ4n) is 3.98. The molecule has 30 heavy (non-hydrogen) atoms. The third-order valence-electron chi connectivity index (χ3n) is 5.50. The lowest BCUT2D eigenvalue weighted by Crippen LogP contribution is -2.38. The largest absolute Gasteiger partial charge is 0.573 e. The number of ether oxygens (including phenoxy) is 1. The van der Waals surface area contributed by atoms with Crippen LogP contribution in [0, 0.1) is 0 Å². The van der Waals surface area contributed by atoms with E-state index in [1.807, 2.05) is 12.1 Å². The molecule has 0 bridgehead atoms. The number of halogens is 3. The molecule has 8 heteroatoms. The van der Waals surface area contributed by atoms with E-state index in [-0.39, 0.29) is 11.7 Å². The van der Waals surface area contributed by atoms with Gasteiger partial charge >= 0.3 is 6.36 Å². The molecule has 0 unspecified atom stereocenters. The highest BCUT2D eigenvalue weighted by Gasteiger charge is 2.31. The number of likely N-dealkylation sites (tertiary alicyclic amines) is 1. The summed E-state index contributed by atoms with van der Waals surface area (Å²) in [5.41, 5.74) is 9.01. The van der Waals surface area contributed by atoms with Gasteiger partial charge in [-0.1, -0.05) is 24.3 Å². The fraction of sp³-hybridized carbons (Fsp3) is 0.318. The van der Waals surface area contributed by atoms with Crippen LogP contribution in [0.3, 0.4) is 0 Å². The van der Waals surface area contributed by atoms with Crippen LogP contribution in [0.25, 0.3) is 10.9 Å². The lowest BCUT2D eigenvalue weighted by molar-refractivity contribution is -0.274. The number of hydrogen-bond donors (Lipinski definition) is 2. The Balaban J connectivity index is 1.44. The minimum absolute atomic E-state index is 0.154. The van der Waals surface area contributed by atoms with E-state index >= 15 is 0 Å². The standard InChI is InChI=1S/C22H22F3N3O2/c23-22(24,25)30-18-4-5-19-17(11-18)12-20(27-19)21(29)28-8-6-15(7-9-28)16-3-1-2-14(10-16)13-26/h1-5,10-12,15,27H,6-9,13,26H2. The zero-order valence-electron chi connectivity index (χ0n) is 16.2. The third kappa shape index (κ3) is 4.43. The molecule has 0 atom stereocenters. The summed E-state index contributed by atoms with van der Waals surface area (Å²) in [7, 11) is 0. The smallest absolute Gasteiger partial charge is 0.406 e. The molecule has 4 rings (SSSR count). The first kappa shape index (κ1) is 20.3. The van der Waals surface area contributed by atoms with E-state index in [0.717, 1.165) is 18.4 Å². The summed E-state index contributed by atoms with van der Waals surface area (Å²) < 4.78 is 41.2. The van der Waals surface area contributed by atoms with Gasteiger partial charge in [0.1, 0.15) is 11.4 Å². The number of benzene rings is 2. The molecule has 5 nitrogen and oxygen atoms in total. The van der Waals surface area contributed by atoms with Gasteiger partial charge < -0.3 is 20.4 Å². The number of nitrogens with two attached hydrogens (primary N) is 1. The van der Waals surface area contributed by atoms with Crippen molar-refractivity contribution in [2.24, 2.45) is 5.73 Å². The van der Waals surface area contributed by atoms with Gasteiger partial charge in [-0.3, -0.25) is 4.79 Å². The number of aromatic amines is 1. The van der Waals surface area contributed by atoms with Crippen LogP contribution in [-0.2, 0) is 6.54 Å². The Kier molecular flexibility index (Phi) is 5.42. The maximum Gasteiger partial charge on any atom is 0.573 e. The van der Waals surface area contributed by atoms with E-state index in [0.29, 0.717) is 42.1 Å². The molecule has 1 saturated heterocycles. The highest BCUT2D eigenvalue weighted by atomic mass is 19.4. The van der Waals surface area contributed by atoms with Gasteiger partial charge in [-0.2, -0.15) is 0 Å². The quantitative estimate of drug-likeness (QED) is 0.655. The van der Waals surface area contributed by atoms with Crippen LogP contribution in [0.15, 0.2) is 48.5 Å². The maximum absolute atomic E-state index is 12.9. The third-order valence-corrected chi connectivity index (χ3v) is 5.50. The van der Waals surface area contributed by atoms with Crippen LogP contribution in [-0.4, -0.2) is 35.2 Å². The van der Waals surface area contributed by atoms with Gasteiger partial charge in [0.05, 0.1) is 0 Å². The lowest BCUT2D eigenvalue weighted by atomic mass is 9.88. The molecule has 2 aromatic carbocycles. The summed E-state index contributed by atoms with van der Waals surface area (Å²) in [6.07, 6.45) is -3.05. The van der Waals surface area contributed by atoms with Crippen LogP contribution in [0.1, 0.15) is 40.4 Å². The monoisotopic (exact) mass is 417 g/mol. The average Bonchev–Trinajstić information content (AvgIpc) is 3.15. The van der Waals surface area contributed by atoms with E-state index in [1.54, 1.807) is 11.0 Å². The number of nitrogens with one attached hydrogen (secondary N) is 1. The Morgan fingerprint density at radius 3 is 2.60 bits per heavy atom. The molecule has 0 radical (unpaired) electrons. The van der Waals surface area contributed by atoms with E-state index in [1.165, 1.54) is 23.8 Å². The van der Waals surface area contributed by atoms with Crippen molar-refractivity contribution >= 4 is 16.8 Å². The molecular formula is C22H22F3N3O2. The molecule has 2 heterocycles.